The highest BCUT2D eigenvalue weighted by atomic mass is 16.5. The van der Waals surface area contributed by atoms with Crippen LogP contribution in [0.1, 0.15) is 19.3 Å². The summed E-state index contributed by atoms with van der Waals surface area (Å²) in [5.74, 6) is 1.66. The van der Waals surface area contributed by atoms with Gasteiger partial charge in [-0.3, -0.25) is 0 Å². The van der Waals surface area contributed by atoms with E-state index in [-0.39, 0.29) is 0 Å². The Morgan fingerprint density at radius 3 is 2.52 bits per heavy atom. The van der Waals surface area contributed by atoms with Crippen molar-refractivity contribution in [1.82, 2.24) is 15.0 Å². The summed E-state index contributed by atoms with van der Waals surface area (Å²) >= 11 is 0. The second-order valence-corrected chi connectivity index (χ2v) is 5.56. The van der Waals surface area contributed by atoms with Crippen molar-refractivity contribution in [1.29, 1.82) is 0 Å². The molecule has 2 heterocycles. The molecule has 2 aliphatic rings. The Morgan fingerprint density at radius 1 is 1.19 bits per heavy atom. The number of rotatable bonds is 5. The van der Waals surface area contributed by atoms with Gasteiger partial charge in [0.1, 0.15) is 0 Å². The average molecular weight is 294 g/mol. The van der Waals surface area contributed by atoms with Gasteiger partial charge in [-0.25, -0.2) is 0 Å². The van der Waals surface area contributed by atoms with E-state index in [1.807, 2.05) is 0 Å². The minimum atomic E-state index is -0.606. The van der Waals surface area contributed by atoms with Crippen molar-refractivity contribution in [3.8, 4) is 0 Å². The zero-order valence-corrected chi connectivity index (χ0v) is 12.3. The summed E-state index contributed by atoms with van der Waals surface area (Å²) in [6.07, 6.45) is 2.75. The smallest absolute Gasteiger partial charge is 0.232 e. The van der Waals surface area contributed by atoms with Gasteiger partial charge in [-0.1, -0.05) is 0 Å². The van der Waals surface area contributed by atoms with Crippen LogP contribution in [0, 0.1) is 0 Å². The van der Waals surface area contributed by atoms with E-state index in [1.54, 1.807) is 7.05 Å². The summed E-state index contributed by atoms with van der Waals surface area (Å²) in [5.41, 5.74) is -0.606. The van der Waals surface area contributed by atoms with Gasteiger partial charge in [0.05, 0.1) is 18.8 Å². The first-order chi connectivity index (χ1) is 10.2. The number of nitrogens with one attached hydrogen (secondary N) is 2. The number of ether oxygens (including phenoxy) is 1. The van der Waals surface area contributed by atoms with Crippen LogP contribution >= 0.6 is 0 Å². The van der Waals surface area contributed by atoms with Crippen LogP contribution in [-0.4, -0.2) is 65.6 Å². The SMILES string of the molecule is CNc1nc(NCC2(O)CCC2)nc(N2CCOCC2)n1. The number of hydrogen-bond acceptors (Lipinski definition) is 8. The first kappa shape index (κ1) is 14.3. The monoisotopic (exact) mass is 294 g/mol. The van der Waals surface area contributed by atoms with Crippen molar-refractivity contribution in [3.63, 3.8) is 0 Å². The average Bonchev–Trinajstić information content (AvgIpc) is 2.51. The Kier molecular flexibility index (Phi) is 4.07. The van der Waals surface area contributed by atoms with Gasteiger partial charge < -0.3 is 25.4 Å². The third kappa shape index (κ3) is 3.33. The van der Waals surface area contributed by atoms with E-state index in [0.717, 1.165) is 32.4 Å². The molecule has 0 aromatic carbocycles. The van der Waals surface area contributed by atoms with Gasteiger partial charge in [0.2, 0.25) is 17.8 Å². The van der Waals surface area contributed by atoms with E-state index in [9.17, 15) is 5.11 Å². The molecule has 1 aromatic rings. The van der Waals surface area contributed by atoms with E-state index >= 15 is 0 Å². The first-order valence-electron chi connectivity index (χ1n) is 7.41. The summed E-state index contributed by atoms with van der Waals surface area (Å²) in [7, 11) is 1.78. The molecular formula is C13H22N6O2. The summed E-state index contributed by atoms with van der Waals surface area (Å²) in [6.45, 7) is 3.39. The van der Waals surface area contributed by atoms with Gasteiger partial charge in [-0.2, -0.15) is 15.0 Å². The molecule has 0 radical (unpaired) electrons. The van der Waals surface area contributed by atoms with Gasteiger partial charge >= 0.3 is 0 Å². The molecule has 1 aliphatic carbocycles. The van der Waals surface area contributed by atoms with Gasteiger partial charge in [-0.05, 0) is 19.3 Å². The largest absolute Gasteiger partial charge is 0.388 e. The predicted octanol–water partition coefficient (Wildman–Crippen LogP) is 0.0768. The second-order valence-electron chi connectivity index (χ2n) is 5.56. The molecule has 1 saturated heterocycles. The molecule has 8 heteroatoms. The van der Waals surface area contributed by atoms with Crippen LogP contribution in [-0.2, 0) is 4.74 Å². The lowest BCUT2D eigenvalue weighted by molar-refractivity contribution is -0.0203. The summed E-state index contributed by atoms with van der Waals surface area (Å²) < 4.78 is 5.35. The number of morpholine rings is 1. The predicted molar refractivity (Wildman–Crippen MR) is 79.7 cm³/mol. The fourth-order valence-electron chi connectivity index (χ4n) is 2.47. The normalized spacial score (nSPS) is 20.8. The molecule has 116 valence electrons. The summed E-state index contributed by atoms with van der Waals surface area (Å²) in [4.78, 5) is 15.2. The fourth-order valence-corrected chi connectivity index (χ4v) is 2.47. The van der Waals surface area contributed by atoms with E-state index in [2.05, 4.69) is 30.5 Å². The summed E-state index contributed by atoms with van der Waals surface area (Å²) in [6, 6.07) is 0. The van der Waals surface area contributed by atoms with Crippen LogP contribution in [0.15, 0.2) is 0 Å². The van der Waals surface area contributed by atoms with Crippen LogP contribution in [0.4, 0.5) is 17.8 Å². The molecule has 8 nitrogen and oxygen atoms in total. The minimum absolute atomic E-state index is 0.475. The fraction of sp³-hybridized carbons (Fsp3) is 0.769. The topological polar surface area (TPSA) is 95.4 Å². The molecule has 3 rings (SSSR count). The lowest BCUT2D eigenvalue weighted by Crippen LogP contribution is -2.43. The molecule has 0 unspecified atom stereocenters. The van der Waals surface area contributed by atoms with E-state index in [1.165, 1.54) is 0 Å². The highest BCUT2D eigenvalue weighted by Crippen LogP contribution is 2.31. The van der Waals surface area contributed by atoms with E-state index < -0.39 is 5.60 Å². The van der Waals surface area contributed by atoms with Crippen LogP contribution < -0.4 is 15.5 Å². The Labute approximate surface area is 123 Å². The molecule has 21 heavy (non-hydrogen) atoms. The van der Waals surface area contributed by atoms with Crippen molar-refractivity contribution in [3.05, 3.63) is 0 Å². The zero-order valence-electron chi connectivity index (χ0n) is 12.3. The molecule has 0 spiro atoms. The number of anilines is 3. The lowest BCUT2D eigenvalue weighted by Gasteiger charge is -2.36. The van der Waals surface area contributed by atoms with Crippen molar-refractivity contribution < 1.29 is 9.84 Å². The number of aromatic nitrogens is 3. The highest BCUT2D eigenvalue weighted by molar-refractivity contribution is 5.44. The van der Waals surface area contributed by atoms with Crippen molar-refractivity contribution >= 4 is 17.8 Å². The standard InChI is InChI=1S/C13H22N6O2/c1-14-10-16-11(15-9-13(20)3-2-4-13)18-12(17-10)19-5-7-21-8-6-19/h20H,2-9H2,1H3,(H2,14,15,16,17,18). The zero-order chi connectivity index (χ0) is 14.7. The first-order valence-corrected chi connectivity index (χ1v) is 7.41. The Morgan fingerprint density at radius 2 is 1.90 bits per heavy atom. The molecule has 0 amide bonds. The molecule has 1 saturated carbocycles. The minimum Gasteiger partial charge on any atom is -0.388 e. The van der Waals surface area contributed by atoms with Crippen LogP contribution in [0.3, 0.4) is 0 Å². The van der Waals surface area contributed by atoms with Crippen molar-refractivity contribution in [2.75, 3.05) is 55.4 Å². The molecule has 1 aliphatic heterocycles. The van der Waals surface area contributed by atoms with Crippen LogP contribution in [0.2, 0.25) is 0 Å². The quantitative estimate of drug-likeness (QED) is 0.702. The maximum absolute atomic E-state index is 10.1. The third-order valence-corrected chi connectivity index (χ3v) is 4.00. The molecular weight excluding hydrogens is 272 g/mol. The lowest BCUT2D eigenvalue weighted by atomic mass is 9.80. The number of aliphatic hydroxyl groups is 1. The summed E-state index contributed by atoms with van der Waals surface area (Å²) in [5, 5.41) is 16.2. The maximum Gasteiger partial charge on any atom is 0.232 e. The molecule has 0 atom stereocenters. The number of nitrogens with zero attached hydrogens (tertiary/aromatic N) is 4. The van der Waals surface area contributed by atoms with Gasteiger partial charge in [-0.15, -0.1) is 0 Å². The number of hydrogen-bond donors (Lipinski definition) is 3. The molecule has 2 fully saturated rings. The van der Waals surface area contributed by atoms with Crippen molar-refractivity contribution in [2.45, 2.75) is 24.9 Å². The molecule has 3 N–H and O–H groups in total. The van der Waals surface area contributed by atoms with E-state index in [4.69, 9.17) is 4.74 Å². The Hall–Kier alpha value is -1.67. The maximum atomic E-state index is 10.1. The Balaban J connectivity index is 1.72. The van der Waals surface area contributed by atoms with Gasteiger partial charge in [0.25, 0.3) is 0 Å². The molecule has 1 aromatic heterocycles. The van der Waals surface area contributed by atoms with Gasteiger partial charge in [0.15, 0.2) is 0 Å². The van der Waals surface area contributed by atoms with Crippen LogP contribution in [0.5, 0.6) is 0 Å². The Bertz CT molecular complexity index is 488. The molecule has 0 bridgehead atoms. The van der Waals surface area contributed by atoms with Crippen molar-refractivity contribution in [2.24, 2.45) is 0 Å². The second kappa shape index (κ2) is 5.98. The van der Waals surface area contributed by atoms with Crippen LogP contribution in [0.25, 0.3) is 0 Å². The highest BCUT2D eigenvalue weighted by Gasteiger charge is 2.34. The van der Waals surface area contributed by atoms with E-state index in [0.29, 0.717) is 37.6 Å². The third-order valence-electron chi connectivity index (χ3n) is 4.00. The van der Waals surface area contributed by atoms with Gasteiger partial charge in [0, 0.05) is 26.7 Å².